The lowest BCUT2D eigenvalue weighted by molar-refractivity contribution is 0.581. The molecule has 0 saturated heterocycles. The molecule has 7 heteroatoms. The van der Waals surface area contributed by atoms with Crippen LogP contribution < -0.4 is 4.72 Å². The summed E-state index contributed by atoms with van der Waals surface area (Å²) in [5.74, 6) is 0. The first-order chi connectivity index (χ1) is 9.29. The molecule has 20 heavy (non-hydrogen) atoms. The molecule has 108 valence electrons. The third kappa shape index (κ3) is 3.38. The van der Waals surface area contributed by atoms with Crippen LogP contribution in [0.4, 0.5) is 0 Å². The second-order valence-electron chi connectivity index (χ2n) is 4.48. The van der Waals surface area contributed by atoms with Gasteiger partial charge in [-0.25, -0.2) is 18.1 Å². The van der Waals surface area contributed by atoms with Crippen molar-refractivity contribution >= 4 is 33.0 Å². The molecule has 0 aliphatic heterocycles. The van der Waals surface area contributed by atoms with Gasteiger partial charge < -0.3 is 0 Å². The van der Waals surface area contributed by atoms with E-state index in [2.05, 4.69) is 9.71 Å². The van der Waals surface area contributed by atoms with Gasteiger partial charge in [-0.05, 0) is 38.5 Å². The van der Waals surface area contributed by atoms with Crippen LogP contribution in [-0.4, -0.2) is 13.4 Å². The molecule has 0 aliphatic carbocycles. The molecule has 1 aromatic heterocycles. The van der Waals surface area contributed by atoms with E-state index in [1.54, 1.807) is 19.1 Å². The Kier molecular flexibility index (Phi) is 4.49. The van der Waals surface area contributed by atoms with E-state index in [1.165, 1.54) is 17.4 Å². The second kappa shape index (κ2) is 5.81. The zero-order valence-corrected chi connectivity index (χ0v) is 13.8. The van der Waals surface area contributed by atoms with Crippen molar-refractivity contribution in [2.24, 2.45) is 0 Å². The van der Waals surface area contributed by atoms with Crippen LogP contribution >= 0.6 is 22.9 Å². The topological polar surface area (TPSA) is 59.1 Å². The molecular weight excluding hydrogens is 316 g/mol. The maximum atomic E-state index is 12.3. The molecule has 0 fully saturated rings. The third-order valence-electron chi connectivity index (χ3n) is 2.86. The molecule has 4 nitrogen and oxygen atoms in total. The first-order valence-electron chi connectivity index (χ1n) is 5.98. The van der Waals surface area contributed by atoms with Crippen molar-refractivity contribution < 1.29 is 8.42 Å². The molecule has 2 aromatic rings. The van der Waals surface area contributed by atoms with Crippen LogP contribution in [0, 0.1) is 20.8 Å². The first-order valence-corrected chi connectivity index (χ1v) is 8.66. The Morgan fingerprint density at radius 3 is 2.60 bits per heavy atom. The van der Waals surface area contributed by atoms with Gasteiger partial charge in [-0.15, -0.1) is 11.3 Å². The summed E-state index contributed by atoms with van der Waals surface area (Å²) in [5.41, 5.74) is 1.53. The Labute approximate surface area is 127 Å². The van der Waals surface area contributed by atoms with Gasteiger partial charge >= 0.3 is 0 Å². The number of benzene rings is 1. The van der Waals surface area contributed by atoms with E-state index in [-0.39, 0.29) is 11.4 Å². The van der Waals surface area contributed by atoms with E-state index in [4.69, 9.17) is 11.6 Å². The molecule has 1 N–H and O–H groups in total. The van der Waals surface area contributed by atoms with Gasteiger partial charge in [-0.3, -0.25) is 0 Å². The Bertz CT molecular complexity index is 739. The van der Waals surface area contributed by atoms with Gasteiger partial charge in [0, 0.05) is 16.4 Å². The molecule has 1 aromatic carbocycles. The molecule has 0 aliphatic rings. The minimum Gasteiger partial charge on any atom is -0.247 e. The van der Waals surface area contributed by atoms with Crippen LogP contribution in [0.3, 0.4) is 0 Å². The number of hydrogen-bond acceptors (Lipinski definition) is 4. The average Bonchev–Trinajstić information content (AvgIpc) is 2.68. The number of nitrogens with one attached hydrogen (secondary N) is 1. The average molecular weight is 331 g/mol. The number of aromatic nitrogens is 1. The molecule has 2 rings (SSSR count). The molecule has 0 saturated carbocycles. The number of halogens is 1. The summed E-state index contributed by atoms with van der Waals surface area (Å²) in [6.45, 7) is 5.76. The van der Waals surface area contributed by atoms with Crippen LogP contribution in [0.5, 0.6) is 0 Å². The van der Waals surface area contributed by atoms with E-state index in [1.807, 2.05) is 13.8 Å². The smallest absolute Gasteiger partial charge is 0.241 e. The zero-order chi connectivity index (χ0) is 14.9. The standard InChI is InChI=1S/C13H15ClN2O2S2/c1-8-4-5-11(14)6-13(8)20(17,18)15-7-12-9(2)16-10(3)19-12/h4-6,15H,7H2,1-3H3. The van der Waals surface area contributed by atoms with Gasteiger partial charge in [0.15, 0.2) is 0 Å². The van der Waals surface area contributed by atoms with E-state index in [0.29, 0.717) is 10.6 Å². The van der Waals surface area contributed by atoms with Crippen molar-refractivity contribution in [2.75, 3.05) is 0 Å². The largest absolute Gasteiger partial charge is 0.247 e. The summed E-state index contributed by atoms with van der Waals surface area (Å²) in [4.78, 5) is 5.41. The number of sulfonamides is 1. The fourth-order valence-corrected chi connectivity index (χ4v) is 4.31. The monoisotopic (exact) mass is 330 g/mol. The summed E-state index contributed by atoms with van der Waals surface area (Å²) < 4.78 is 27.2. The molecule has 1 heterocycles. The summed E-state index contributed by atoms with van der Waals surface area (Å²) in [5, 5.41) is 1.33. The highest BCUT2D eigenvalue weighted by Crippen LogP contribution is 2.21. The molecule has 0 unspecified atom stereocenters. The van der Waals surface area contributed by atoms with Crippen molar-refractivity contribution in [1.29, 1.82) is 0 Å². The number of thiazole rings is 1. The van der Waals surface area contributed by atoms with Crippen LogP contribution in [0.2, 0.25) is 5.02 Å². The van der Waals surface area contributed by atoms with Crippen molar-refractivity contribution in [3.8, 4) is 0 Å². The Hall–Kier alpha value is -0.950. The lowest BCUT2D eigenvalue weighted by Crippen LogP contribution is -2.23. The number of aryl methyl sites for hydroxylation is 3. The minimum absolute atomic E-state index is 0.212. The summed E-state index contributed by atoms with van der Waals surface area (Å²) in [7, 11) is -3.57. The fraction of sp³-hybridized carbons (Fsp3) is 0.308. The molecule has 0 amide bonds. The lowest BCUT2D eigenvalue weighted by Gasteiger charge is -2.09. The van der Waals surface area contributed by atoms with Gasteiger partial charge in [-0.2, -0.15) is 0 Å². The second-order valence-corrected chi connectivity index (χ2v) is 7.94. The fourth-order valence-electron chi connectivity index (χ4n) is 1.84. The molecule has 0 radical (unpaired) electrons. The maximum absolute atomic E-state index is 12.3. The van der Waals surface area contributed by atoms with E-state index < -0.39 is 10.0 Å². The highest BCUT2D eigenvalue weighted by Gasteiger charge is 2.18. The predicted octanol–water partition coefficient (Wildman–Crippen LogP) is 3.20. The van der Waals surface area contributed by atoms with Crippen LogP contribution in [-0.2, 0) is 16.6 Å². The molecule has 0 atom stereocenters. The normalized spacial score (nSPS) is 11.8. The highest BCUT2D eigenvalue weighted by molar-refractivity contribution is 7.89. The van der Waals surface area contributed by atoms with Crippen molar-refractivity contribution in [3.63, 3.8) is 0 Å². The Balaban J connectivity index is 2.23. The maximum Gasteiger partial charge on any atom is 0.241 e. The minimum atomic E-state index is -3.57. The van der Waals surface area contributed by atoms with Gasteiger partial charge in [0.1, 0.15) is 0 Å². The summed E-state index contributed by atoms with van der Waals surface area (Å²) in [6, 6.07) is 4.83. The quantitative estimate of drug-likeness (QED) is 0.936. The van der Waals surface area contributed by atoms with E-state index in [0.717, 1.165) is 15.6 Å². The molecule has 0 bridgehead atoms. The van der Waals surface area contributed by atoms with E-state index in [9.17, 15) is 8.42 Å². The highest BCUT2D eigenvalue weighted by atomic mass is 35.5. The Morgan fingerprint density at radius 2 is 2.00 bits per heavy atom. The van der Waals surface area contributed by atoms with Crippen molar-refractivity contribution in [1.82, 2.24) is 9.71 Å². The SMILES string of the molecule is Cc1nc(C)c(CNS(=O)(=O)c2cc(Cl)ccc2C)s1. The van der Waals surface area contributed by atoms with Gasteiger partial charge in [-0.1, -0.05) is 17.7 Å². The first kappa shape index (κ1) is 15.4. The molecule has 0 spiro atoms. The van der Waals surface area contributed by atoms with Crippen molar-refractivity contribution in [3.05, 3.63) is 44.4 Å². The number of rotatable bonds is 4. The van der Waals surface area contributed by atoms with Crippen LogP contribution in [0.1, 0.15) is 21.1 Å². The third-order valence-corrected chi connectivity index (χ3v) is 5.71. The summed E-state index contributed by atoms with van der Waals surface area (Å²) >= 11 is 7.36. The van der Waals surface area contributed by atoms with Crippen LogP contribution in [0.15, 0.2) is 23.1 Å². The van der Waals surface area contributed by atoms with Crippen LogP contribution in [0.25, 0.3) is 0 Å². The summed E-state index contributed by atoms with van der Waals surface area (Å²) in [6.07, 6.45) is 0. The van der Waals surface area contributed by atoms with Crippen molar-refractivity contribution in [2.45, 2.75) is 32.2 Å². The lowest BCUT2D eigenvalue weighted by atomic mass is 10.2. The zero-order valence-electron chi connectivity index (χ0n) is 11.4. The van der Waals surface area contributed by atoms with Gasteiger partial charge in [0.05, 0.1) is 15.6 Å². The predicted molar refractivity (Wildman–Crippen MR) is 81.8 cm³/mol. The van der Waals surface area contributed by atoms with Gasteiger partial charge in [0.2, 0.25) is 10.0 Å². The van der Waals surface area contributed by atoms with E-state index >= 15 is 0 Å². The number of hydrogen-bond donors (Lipinski definition) is 1. The number of nitrogens with zero attached hydrogens (tertiary/aromatic N) is 1. The molecular formula is C13H15ClN2O2S2. The Morgan fingerprint density at radius 1 is 1.30 bits per heavy atom. The van der Waals surface area contributed by atoms with Gasteiger partial charge in [0.25, 0.3) is 0 Å².